The fraction of sp³-hybridized carbons (Fsp3) is 0.714. The minimum atomic E-state index is -0.355. The third-order valence-electron chi connectivity index (χ3n) is 3.86. The van der Waals surface area contributed by atoms with Crippen LogP contribution in [0.15, 0.2) is 6.20 Å². The lowest BCUT2D eigenvalue weighted by Crippen LogP contribution is -2.30. The Bertz CT molecular complexity index is 380. The highest BCUT2D eigenvalue weighted by Gasteiger charge is 2.31. The van der Waals surface area contributed by atoms with Crippen molar-refractivity contribution in [2.45, 2.75) is 52.2 Å². The molecule has 1 aromatic rings. The van der Waals surface area contributed by atoms with Crippen molar-refractivity contribution < 1.29 is 4.74 Å². The Morgan fingerprint density at radius 2 is 2.00 bits per heavy atom. The van der Waals surface area contributed by atoms with Gasteiger partial charge < -0.3 is 10.1 Å². The van der Waals surface area contributed by atoms with E-state index < -0.39 is 0 Å². The average molecular weight is 251 g/mol. The summed E-state index contributed by atoms with van der Waals surface area (Å²) in [5, 5.41) is 3.21. The number of ether oxygens (including phenoxy) is 1. The molecule has 1 heterocycles. The van der Waals surface area contributed by atoms with Gasteiger partial charge in [0, 0.05) is 30.6 Å². The molecule has 0 saturated carbocycles. The molecule has 4 nitrogen and oxygen atoms in total. The van der Waals surface area contributed by atoms with Gasteiger partial charge in [0.05, 0.1) is 0 Å². The number of rotatable bonds is 6. The summed E-state index contributed by atoms with van der Waals surface area (Å²) in [7, 11) is 3.67. The average Bonchev–Trinajstić information content (AvgIpc) is 2.41. The molecule has 18 heavy (non-hydrogen) atoms. The highest BCUT2D eigenvalue weighted by Crippen LogP contribution is 2.30. The van der Waals surface area contributed by atoms with Crippen LogP contribution in [0.3, 0.4) is 0 Å². The van der Waals surface area contributed by atoms with Gasteiger partial charge in [-0.2, -0.15) is 0 Å². The normalized spacial score (nSPS) is 13.7. The second-order valence-corrected chi connectivity index (χ2v) is 4.65. The summed E-state index contributed by atoms with van der Waals surface area (Å²) in [5.74, 6) is 0.791. The van der Waals surface area contributed by atoms with Gasteiger partial charge in [-0.05, 0) is 33.7 Å². The lowest BCUT2D eigenvalue weighted by atomic mass is 9.95. The van der Waals surface area contributed by atoms with E-state index >= 15 is 0 Å². The van der Waals surface area contributed by atoms with E-state index in [1.54, 1.807) is 7.11 Å². The summed E-state index contributed by atoms with van der Waals surface area (Å²) < 4.78 is 5.66. The fourth-order valence-corrected chi connectivity index (χ4v) is 2.22. The van der Waals surface area contributed by atoms with Gasteiger partial charge in [0.25, 0.3) is 0 Å². The maximum Gasteiger partial charge on any atom is 0.160 e. The Labute approximate surface area is 110 Å². The largest absolute Gasteiger partial charge is 0.370 e. The first kappa shape index (κ1) is 15.1. The molecule has 1 N–H and O–H groups in total. The standard InChI is InChI=1S/C14H25N3O/c1-7-14(8-2,18-6)13-16-9-12(10(3)15-5)11(4)17-13/h9-10,15H,7-8H2,1-6H3. The van der Waals surface area contributed by atoms with E-state index in [9.17, 15) is 0 Å². The third kappa shape index (κ3) is 2.70. The fourth-order valence-electron chi connectivity index (χ4n) is 2.22. The Morgan fingerprint density at radius 1 is 1.39 bits per heavy atom. The minimum Gasteiger partial charge on any atom is -0.370 e. The van der Waals surface area contributed by atoms with Gasteiger partial charge in [-0.15, -0.1) is 0 Å². The summed E-state index contributed by atoms with van der Waals surface area (Å²) >= 11 is 0. The quantitative estimate of drug-likeness (QED) is 0.844. The number of hydrogen-bond donors (Lipinski definition) is 1. The zero-order valence-corrected chi connectivity index (χ0v) is 12.4. The van der Waals surface area contributed by atoms with Crippen LogP contribution in [0.25, 0.3) is 0 Å². The Hall–Kier alpha value is -1.00. The molecule has 102 valence electrons. The van der Waals surface area contributed by atoms with Crippen LogP contribution in [0.5, 0.6) is 0 Å². The van der Waals surface area contributed by atoms with E-state index in [1.807, 2.05) is 20.2 Å². The van der Waals surface area contributed by atoms with E-state index in [0.717, 1.165) is 29.9 Å². The van der Waals surface area contributed by atoms with Gasteiger partial charge >= 0.3 is 0 Å². The number of aryl methyl sites for hydroxylation is 1. The summed E-state index contributed by atoms with van der Waals surface area (Å²) in [4.78, 5) is 9.17. The van der Waals surface area contributed by atoms with Crippen molar-refractivity contribution in [1.29, 1.82) is 0 Å². The lowest BCUT2D eigenvalue weighted by molar-refractivity contribution is -0.0293. The lowest BCUT2D eigenvalue weighted by Gasteiger charge is -2.29. The van der Waals surface area contributed by atoms with Crippen molar-refractivity contribution in [3.05, 3.63) is 23.3 Å². The van der Waals surface area contributed by atoms with Crippen molar-refractivity contribution in [1.82, 2.24) is 15.3 Å². The van der Waals surface area contributed by atoms with Crippen LogP contribution in [-0.4, -0.2) is 24.1 Å². The monoisotopic (exact) mass is 251 g/mol. The van der Waals surface area contributed by atoms with Crippen LogP contribution in [-0.2, 0) is 10.3 Å². The van der Waals surface area contributed by atoms with Crippen LogP contribution in [0, 0.1) is 6.92 Å². The molecule has 4 heteroatoms. The summed E-state index contributed by atoms with van der Waals surface area (Å²) in [6.45, 7) is 8.35. The maximum absolute atomic E-state index is 5.66. The molecule has 0 fully saturated rings. The Morgan fingerprint density at radius 3 is 2.39 bits per heavy atom. The van der Waals surface area contributed by atoms with E-state index in [4.69, 9.17) is 4.74 Å². The Balaban J connectivity index is 3.17. The van der Waals surface area contributed by atoms with Crippen LogP contribution >= 0.6 is 0 Å². The van der Waals surface area contributed by atoms with Gasteiger partial charge in [0.1, 0.15) is 5.60 Å². The zero-order chi connectivity index (χ0) is 13.8. The molecule has 0 radical (unpaired) electrons. The van der Waals surface area contributed by atoms with Crippen molar-refractivity contribution >= 4 is 0 Å². The van der Waals surface area contributed by atoms with E-state index in [2.05, 4.69) is 36.1 Å². The van der Waals surface area contributed by atoms with Crippen molar-refractivity contribution in [3.8, 4) is 0 Å². The number of hydrogen-bond acceptors (Lipinski definition) is 4. The SMILES string of the molecule is CCC(CC)(OC)c1ncc(C(C)NC)c(C)n1. The van der Waals surface area contributed by atoms with Crippen molar-refractivity contribution in [2.24, 2.45) is 0 Å². The van der Waals surface area contributed by atoms with Gasteiger partial charge in [0.2, 0.25) is 0 Å². The van der Waals surface area contributed by atoms with Crippen molar-refractivity contribution in [3.63, 3.8) is 0 Å². The minimum absolute atomic E-state index is 0.263. The first-order chi connectivity index (χ1) is 8.54. The summed E-state index contributed by atoms with van der Waals surface area (Å²) in [6, 6.07) is 0.263. The number of aromatic nitrogens is 2. The number of nitrogens with one attached hydrogen (secondary N) is 1. The molecular weight excluding hydrogens is 226 g/mol. The molecule has 1 aromatic heterocycles. The molecule has 1 unspecified atom stereocenters. The first-order valence-corrected chi connectivity index (χ1v) is 6.61. The molecule has 0 aromatic carbocycles. The molecule has 0 amide bonds. The van der Waals surface area contributed by atoms with E-state index in [-0.39, 0.29) is 11.6 Å². The van der Waals surface area contributed by atoms with Gasteiger partial charge in [0.15, 0.2) is 5.82 Å². The third-order valence-corrected chi connectivity index (χ3v) is 3.86. The van der Waals surface area contributed by atoms with Crippen LogP contribution in [0.1, 0.15) is 56.7 Å². The van der Waals surface area contributed by atoms with Crippen molar-refractivity contribution in [2.75, 3.05) is 14.2 Å². The summed E-state index contributed by atoms with van der Waals surface area (Å²) in [6.07, 6.45) is 3.67. The highest BCUT2D eigenvalue weighted by atomic mass is 16.5. The molecule has 0 aliphatic carbocycles. The molecule has 0 bridgehead atoms. The van der Waals surface area contributed by atoms with Crippen LogP contribution in [0.2, 0.25) is 0 Å². The molecule has 1 rings (SSSR count). The number of methoxy groups -OCH3 is 1. The Kier molecular flexibility index (Phi) is 5.23. The molecule has 0 saturated heterocycles. The molecular formula is C14H25N3O. The zero-order valence-electron chi connectivity index (χ0n) is 12.4. The predicted octanol–water partition coefficient (Wildman–Crippen LogP) is 2.73. The predicted molar refractivity (Wildman–Crippen MR) is 73.5 cm³/mol. The maximum atomic E-state index is 5.66. The first-order valence-electron chi connectivity index (χ1n) is 6.61. The summed E-state index contributed by atoms with van der Waals surface area (Å²) in [5.41, 5.74) is 1.80. The van der Waals surface area contributed by atoms with E-state index in [1.165, 1.54) is 0 Å². The second kappa shape index (κ2) is 6.25. The van der Waals surface area contributed by atoms with Gasteiger partial charge in [-0.25, -0.2) is 9.97 Å². The number of nitrogens with zero attached hydrogens (tertiary/aromatic N) is 2. The van der Waals surface area contributed by atoms with Gasteiger partial charge in [-0.1, -0.05) is 13.8 Å². The topological polar surface area (TPSA) is 47.0 Å². The molecule has 1 atom stereocenters. The molecule has 0 aliphatic rings. The molecule has 0 aliphatic heterocycles. The molecule has 0 spiro atoms. The van der Waals surface area contributed by atoms with E-state index in [0.29, 0.717) is 0 Å². The van der Waals surface area contributed by atoms with Gasteiger partial charge in [-0.3, -0.25) is 0 Å². The highest BCUT2D eigenvalue weighted by molar-refractivity contribution is 5.21. The second-order valence-electron chi connectivity index (χ2n) is 4.65. The van der Waals surface area contributed by atoms with Crippen LogP contribution in [0.4, 0.5) is 0 Å². The smallest absolute Gasteiger partial charge is 0.160 e. The van der Waals surface area contributed by atoms with Crippen LogP contribution < -0.4 is 5.32 Å².